The molecule has 0 saturated carbocycles. The average molecular weight is 1610 g/mol. The fraction of sp³-hybridized carbons (Fsp3) is 0.298. The van der Waals surface area contributed by atoms with Crippen molar-refractivity contribution in [3.63, 3.8) is 0 Å². The van der Waals surface area contributed by atoms with E-state index in [-0.39, 0.29) is 37.4 Å². The number of anilines is 1. The van der Waals surface area contributed by atoms with Crippen molar-refractivity contribution >= 4 is 110 Å². The number of benzene rings is 8. The number of imide groups is 1. The van der Waals surface area contributed by atoms with Gasteiger partial charge in [0.15, 0.2) is 11.5 Å². The Bertz CT molecular complexity index is 4840. The van der Waals surface area contributed by atoms with Crippen LogP contribution in [0.2, 0.25) is 0 Å². The maximum Gasteiger partial charge on any atom is 0.274 e. The molecule has 10 aromatic rings. The van der Waals surface area contributed by atoms with Gasteiger partial charge < -0.3 is 24.1 Å². The summed E-state index contributed by atoms with van der Waals surface area (Å²) in [4.78, 5) is 114. The summed E-state index contributed by atoms with van der Waals surface area (Å²) in [5.74, 6) is 1.19. The molecule has 1 aliphatic rings. The number of thiol groups is 1. The van der Waals surface area contributed by atoms with Crippen molar-refractivity contribution in [1.29, 1.82) is 0 Å². The average Bonchev–Trinajstić information content (AvgIpc) is 1.32. The van der Waals surface area contributed by atoms with Gasteiger partial charge in [-0.15, -0.1) is 0 Å². The summed E-state index contributed by atoms with van der Waals surface area (Å²) in [6, 6.07) is 62.4. The molecule has 7 N–H and O–H groups in total. The third-order valence-corrected chi connectivity index (χ3v) is 18.6. The Labute approximate surface area is 690 Å². The van der Waals surface area contributed by atoms with Crippen molar-refractivity contribution in [3.8, 4) is 11.5 Å². The molecule has 23 heteroatoms. The van der Waals surface area contributed by atoms with E-state index in [1.807, 2.05) is 202 Å². The highest BCUT2D eigenvalue weighted by Gasteiger charge is 2.32. The molecule has 0 radical (unpaired) electrons. The van der Waals surface area contributed by atoms with Gasteiger partial charge in [0, 0.05) is 120 Å². The molecule has 0 saturated heterocycles. The molecule has 1 aliphatic heterocycles. The van der Waals surface area contributed by atoms with E-state index in [0.717, 1.165) is 117 Å². The summed E-state index contributed by atoms with van der Waals surface area (Å²) >= 11 is 4.19. The molecule has 0 spiro atoms. The Balaban J connectivity index is 0.000000230. The Hall–Kier alpha value is -12.0. The number of ether oxygens (including phenoxy) is 2. The number of rotatable bonds is 39. The van der Waals surface area contributed by atoms with E-state index in [0.29, 0.717) is 130 Å². The minimum absolute atomic E-state index is 0. The van der Waals surface area contributed by atoms with Crippen LogP contribution in [0.3, 0.4) is 0 Å². The van der Waals surface area contributed by atoms with Crippen LogP contribution >= 0.6 is 12.6 Å². The molecule has 2 aromatic heterocycles. The van der Waals surface area contributed by atoms with Gasteiger partial charge in [-0.3, -0.25) is 68.7 Å². The van der Waals surface area contributed by atoms with E-state index in [9.17, 15) is 43.2 Å². The third-order valence-electron chi connectivity index (χ3n) is 18.3. The molecule has 0 aliphatic carbocycles. The standard InChI is InChI=1S/C23H29NO3.C22H24N2O5.C18H18N2O4.C17H21NOS.C13H13NO2.CH4/c1-2-21(25)14-8-3-4-9-16-23(26)24-20-13-10-15-22(17-20)27-18-19-11-6-5-7-12-19;1-24(2)14-18-17-6-3-4-8-20(17)29-21(18)19(25)7-5-13-28-16-11-9-15(10-12-16)22(26)23-27;21-15(19-24)10-2-1-3-11-20-17(22)13-8-4-6-12-7-5-9-14(16(12)13)18(20)23;19-16(8-3-1-2-6-10-20)12-14-11-15-7-4-5-9-17(15)18-13-14;15-13(14-16)11-7-2-1-4-8-12-9-5-3-6-10-12;/h5-7,10-13,15,17H,2-4,8-9,14,16,18H2,1H3,(H,24,26);3-4,6,8-12,27H,5,7,13-14H2,1-2H3,(H,23,26);4-9,24H,1-3,10-11H2,(H,19,21);4-5,7,9,11,13,20H,1-3,6,8,10,12H2;1-11,16H,(H,14,15);1H4/b;;;;2-1+,8-4+,11-7+;. The first-order valence-corrected chi connectivity index (χ1v) is 39.8. The number of nitrogens with one attached hydrogen (secondary N) is 4. The highest BCUT2D eigenvalue weighted by atomic mass is 32.1. The second-order valence-corrected chi connectivity index (χ2v) is 28.0. The molecule has 616 valence electrons. The van der Waals surface area contributed by atoms with E-state index in [4.69, 9.17) is 29.5 Å². The van der Waals surface area contributed by atoms with Crippen LogP contribution in [0.4, 0.5) is 5.69 Å². The normalized spacial score (nSPS) is 11.3. The summed E-state index contributed by atoms with van der Waals surface area (Å²) in [5, 5.41) is 31.9. The number of fused-ring (bicyclic) bond motifs is 2. The summed E-state index contributed by atoms with van der Waals surface area (Å²) in [5.41, 5.74) is 12.7. The lowest BCUT2D eigenvalue weighted by Crippen LogP contribution is -2.40. The van der Waals surface area contributed by atoms with E-state index in [1.165, 1.54) is 22.9 Å². The van der Waals surface area contributed by atoms with Gasteiger partial charge in [-0.2, -0.15) is 12.6 Å². The van der Waals surface area contributed by atoms with Crippen LogP contribution in [0.5, 0.6) is 11.5 Å². The Morgan fingerprint density at radius 3 is 1.82 bits per heavy atom. The van der Waals surface area contributed by atoms with Crippen LogP contribution in [0.25, 0.3) is 38.7 Å². The first kappa shape index (κ1) is 93.9. The van der Waals surface area contributed by atoms with Gasteiger partial charge in [-0.1, -0.05) is 204 Å². The smallest absolute Gasteiger partial charge is 0.274 e. The predicted octanol–water partition coefficient (Wildman–Crippen LogP) is 18.9. The number of hydroxylamine groups is 3. The van der Waals surface area contributed by atoms with Gasteiger partial charge in [0.25, 0.3) is 23.6 Å². The molecule has 0 bridgehead atoms. The Kier molecular flexibility index (Phi) is 42.7. The van der Waals surface area contributed by atoms with E-state index >= 15 is 0 Å². The first-order chi connectivity index (χ1) is 56.4. The number of pyridine rings is 1. The van der Waals surface area contributed by atoms with Gasteiger partial charge >= 0.3 is 0 Å². The zero-order valence-corrected chi connectivity index (χ0v) is 67.0. The van der Waals surface area contributed by atoms with Gasteiger partial charge in [0.2, 0.25) is 11.8 Å². The molecule has 117 heavy (non-hydrogen) atoms. The maximum absolute atomic E-state index is 12.7. The SMILES string of the molecule is C.CCC(=O)CCCCCCC(=O)Nc1cccc(OCc2ccccc2)c1.CN(C)Cc1c(C(=O)CCCOc2ccc(C(=O)NO)cc2)oc2ccccc12.O=C(/C=C/C=C/C=C/c1ccccc1)NO.O=C(CCCCCCS)Cc1cnc2ccccc2c1.O=C(CCCCCN1C(=O)c2cccc3cccc(c23)C1=O)NO. The lowest BCUT2D eigenvalue weighted by molar-refractivity contribution is -0.129. The second-order valence-electron chi connectivity index (χ2n) is 27.6. The number of para-hydroxylation sites is 2. The topological polar surface area (TPSA) is 313 Å². The number of hydrogen-bond donors (Lipinski definition) is 8. The summed E-state index contributed by atoms with van der Waals surface area (Å²) < 4.78 is 17.3. The van der Waals surface area contributed by atoms with Gasteiger partial charge in [-0.25, -0.2) is 16.4 Å². The van der Waals surface area contributed by atoms with Crippen molar-refractivity contribution < 1.29 is 72.7 Å². The van der Waals surface area contributed by atoms with Crippen LogP contribution in [-0.2, 0) is 43.5 Å². The van der Waals surface area contributed by atoms with Crippen molar-refractivity contribution in [2.24, 2.45) is 0 Å². The molecule has 8 aromatic carbocycles. The molecular formula is C94H109N7O15S. The Morgan fingerprint density at radius 2 is 1.15 bits per heavy atom. The number of hydrogen-bond acceptors (Lipinski definition) is 18. The minimum Gasteiger partial charge on any atom is -0.494 e. The molecular weight excluding hydrogens is 1500 g/mol. The fourth-order valence-corrected chi connectivity index (χ4v) is 12.5. The van der Waals surface area contributed by atoms with Crippen LogP contribution < -0.4 is 31.2 Å². The van der Waals surface area contributed by atoms with E-state index in [1.54, 1.807) is 65.6 Å². The first-order valence-electron chi connectivity index (χ1n) is 39.1. The summed E-state index contributed by atoms with van der Waals surface area (Å²) in [6.45, 7) is 3.71. The van der Waals surface area contributed by atoms with Crippen molar-refractivity contribution in [2.45, 2.75) is 149 Å². The fourth-order valence-electron chi connectivity index (χ4n) is 12.3. The number of furan rings is 1. The van der Waals surface area contributed by atoms with Crippen molar-refractivity contribution in [1.82, 2.24) is 31.2 Å². The number of Topliss-reactive ketones (excluding diaryl/α,β-unsaturated/α-hetero) is 3. The van der Waals surface area contributed by atoms with Crippen LogP contribution in [0, 0.1) is 0 Å². The van der Waals surface area contributed by atoms with Crippen molar-refractivity contribution in [3.05, 3.63) is 281 Å². The van der Waals surface area contributed by atoms with Gasteiger partial charge in [0.05, 0.1) is 12.1 Å². The minimum atomic E-state index is -0.582. The van der Waals surface area contributed by atoms with E-state index < -0.39 is 17.7 Å². The number of carbonyl (C=O) groups is 9. The summed E-state index contributed by atoms with van der Waals surface area (Å²) in [6.07, 6.45) is 26.1. The molecule has 6 amide bonds. The van der Waals surface area contributed by atoms with Gasteiger partial charge in [0.1, 0.15) is 35.3 Å². The molecule has 0 atom stereocenters. The number of unbranched alkanes of at least 4 members (excludes halogenated alkanes) is 8. The molecule has 11 rings (SSSR count). The third kappa shape index (κ3) is 33.4. The highest BCUT2D eigenvalue weighted by Crippen LogP contribution is 2.32. The van der Waals surface area contributed by atoms with Crippen LogP contribution in [-0.4, -0.2) is 116 Å². The second kappa shape index (κ2) is 53.2. The zero-order chi connectivity index (χ0) is 83.1. The molecule has 3 heterocycles. The predicted molar refractivity (Wildman–Crippen MR) is 463 cm³/mol. The van der Waals surface area contributed by atoms with Crippen LogP contribution in [0.1, 0.15) is 194 Å². The molecule has 22 nitrogen and oxygen atoms in total. The number of allylic oxidation sites excluding steroid dienone is 4. The number of nitrogens with zero attached hydrogens (tertiary/aromatic N) is 3. The van der Waals surface area contributed by atoms with Crippen LogP contribution in [0.15, 0.2) is 241 Å². The maximum atomic E-state index is 12.7. The number of aromatic nitrogens is 1. The summed E-state index contributed by atoms with van der Waals surface area (Å²) in [7, 11) is 3.92. The monoisotopic (exact) mass is 1610 g/mol. The lowest BCUT2D eigenvalue weighted by atomic mass is 9.94. The lowest BCUT2D eigenvalue weighted by Gasteiger charge is -2.27. The van der Waals surface area contributed by atoms with Crippen molar-refractivity contribution in [2.75, 3.05) is 38.3 Å². The highest BCUT2D eigenvalue weighted by molar-refractivity contribution is 7.80. The quantitative estimate of drug-likeness (QED) is 0.00259. The van der Waals surface area contributed by atoms with E-state index in [2.05, 4.69) is 29.0 Å². The zero-order valence-electron chi connectivity index (χ0n) is 66.1. The van der Waals surface area contributed by atoms with Gasteiger partial charge in [-0.05, 0) is 154 Å². The number of carbonyl (C=O) groups excluding carboxylic acids is 9. The molecule has 0 unspecified atom stereocenters. The Morgan fingerprint density at radius 1 is 0.547 bits per heavy atom. The number of amides is 6. The number of ketones is 3. The largest absolute Gasteiger partial charge is 0.494 e. The molecule has 0 fully saturated rings.